The molecular weight excluding hydrogens is 279 g/mol. The molecule has 0 aliphatic carbocycles. The van der Waals surface area contributed by atoms with Crippen LogP contribution in [0.4, 0.5) is 0 Å². The minimum atomic E-state index is -0.461. The normalized spacial score (nSPS) is 20.7. The molecule has 0 N–H and O–H groups in total. The van der Waals surface area contributed by atoms with Crippen LogP contribution in [-0.4, -0.2) is 30.9 Å². The second-order valence-electron chi connectivity index (χ2n) is 6.65. The third-order valence-corrected chi connectivity index (χ3v) is 4.52. The van der Waals surface area contributed by atoms with E-state index >= 15 is 0 Å². The van der Waals surface area contributed by atoms with Crippen molar-refractivity contribution in [2.24, 2.45) is 0 Å². The molecule has 2 rings (SSSR count). The van der Waals surface area contributed by atoms with Crippen LogP contribution in [0.2, 0.25) is 0 Å². The first-order chi connectivity index (χ1) is 10.3. The number of carbonyl (C=O) groups excluding carboxylic acids is 1. The third-order valence-electron chi connectivity index (χ3n) is 4.52. The highest BCUT2D eigenvalue weighted by atomic mass is 16.7. The minimum Gasteiger partial charge on any atom is -0.466 e. The molecule has 1 heterocycles. The van der Waals surface area contributed by atoms with E-state index in [2.05, 4.69) is 0 Å². The van der Waals surface area contributed by atoms with E-state index in [4.69, 9.17) is 14.0 Å². The van der Waals surface area contributed by atoms with Gasteiger partial charge in [-0.3, -0.25) is 4.79 Å². The molecule has 0 aromatic heterocycles. The molecule has 0 saturated carbocycles. The van der Waals surface area contributed by atoms with Gasteiger partial charge in [-0.15, -0.1) is 0 Å². The molecule has 1 aliphatic rings. The van der Waals surface area contributed by atoms with Gasteiger partial charge in [0, 0.05) is 5.82 Å². The van der Waals surface area contributed by atoms with E-state index in [1.165, 1.54) is 0 Å². The average molecular weight is 304 g/mol. The summed E-state index contributed by atoms with van der Waals surface area (Å²) >= 11 is 0. The first kappa shape index (κ1) is 17.0. The molecule has 1 saturated heterocycles. The molecule has 22 heavy (non-hydrogen) atoms. The molecule has 120 valence electrons. The van der Waals surface area contributed by atoms with E-state index in [0.29, 0.717) is 6.61 Å². The Kier molecular flexibility index (Phi) is 4.98. The van der Waals surface area contributed by atoms with E-state index in [1.807, 2.05) is 65.0 Å². The topological polar surface area (TPSA) is 44.8 Å². The summed E-state index contributed by atoms with van der Waals surface area (Å²) in [7, 11) is -0.461. The lowest BCUT2D eigenvalue weighted by molar-refractivity contribution is -0.143. The molecule has 5 heteroatoms. The summed E-state index contributed by atoms with van der Waals surface area (Å²) in [6, 6.07) is 9.86. The van der Waals surface area contributed by atoms with E-state index < -0.39 is 18.3 Å². The molecule has 0 bridgehead atoms. The van der Waals surface area contributed by atoms with E-state index in [-0.39, 0.29) is 18.2 Å². The van der Waals surface area contributed by atoms with E-state index in [9.17, 15) is 4.79 Å². The lowest BCUT2D eigenvalue weighted by Gasteiger charge is -2.32. The highest BCUT2D eigenvalue weighted by molar-refractivity contribution is 6.48. The van der Waals surface area contributed by atoms with Crippen LogP contribution in [0.1, 0.15) is 52.4 Å². The second kappa shape index (κ2) is 6.43. The highest BCUT2D eigenvalue weighted by Crippen LogP contribution is 2.41. The van der Waals surface area contributed by atoms with Crippen LogP contribution in [0, 0.1) is 0 Å². The van der Waals surface area contributed by atoms with Gasteiger partial charge in [-0.2, -0.15) is 0 Å². The number of hydrogen-bond acceptors (Lipinski definition) is 4. The summed E-state index contributed by atoms with van der Waals surface area (Å²) in [5.74, 6) is -0.410. The number of ether oxygens (including phenoxy) is 1. The SMILES string of the molecule is CCOC(=O)CC(B1OC(C)(C)C(C)(C)O1)c1ccccc1. The molecule has 0 spiro atoms. The van der Waals surface area contributed by atoms with Crippen molar-refractivity contribution in [3.8, 4) is 0 Å². The van der Waals surface area contributed by atoms with Gasteiger partial charge < -0.3 is 14.0 Å². The van der Waals surface area contributed by atoms with Gasteiger partial charge in [0.2, 0.25) is 0 Å². The smallest absolute Gasteiger partial charge is 0.466 e. The van der Waals surface area contributed by atoms with Crippen LogP contribution >= 0.6 is 0 Å². The van der Waals surface area contributed by atoms with Crippen molar-refractivity contribution in [3.63, 3.8) is 0 Å². The molecule has 1 atom stereocenters. The van der Waals surface area contributed by atoms with Crippen LogP contribution in [0.5, 0.6) is 0 Å². The fourth-order valence-electron chi connectivity index (χ4n) is 2.52. The number of hydrogen-bond donors (Lipinski definition) is 0. The zero-order chi connectivity index (χ0) is 16.4. The first-order valence-corrected chi connectivity index (χ1v) is 7.83. The van der Waals surface area contributed by atoms with Crippen molar-refractivity contribution < 1.29 is 18.8 Å². The maximum atomic E-state index is 12.0. The number of esters is 1. The predicted octanol–water partition coefficient (Wildman–Crippen LogP) is 3.35. The van der Waals surface area contributed by atoms with Gasteiger partial charge in [-0.25, -0.2) is 0 Å². The molecule has 1 aromatic carbocycles. The van der Waals surface area contributed by atoms with Crippen LogP contribution in [0.25, 0.3) is 0 Å². The summed E-state index contributed by atoms with van der Waals surface area (Å²) in [6.07, 6.45) is 0.245. The Morgan fingerprint density at radius 1 is 1.14 bits per heavy atom. The third kappa shape index (κ3) is 3.53. The van der Waals surface area contributed by atoms with Crippen LogP contribution < -0.4 is 0 Å². The van der Waals surface area contributed by atoms with Gasteiger partial charge in [0.1, 0.15) is 0 Å². The molecule has 1 unspecified atom stereocenters. The summed E-state index contributed by atoms with van der Waals surface area (Å²) in [5, 5.41) is 0. The van der Waals surface area contributed by atoms with Gasteiger partial charge >= 0.3 is 13.1 Å². The van der Waals surface area contributed by atoms with Crippen LogP contribution in [0.15, 0.2) is 30.3 Å². The fourth-order valence-corrected chi connectivity index (χ4v) is 2.52. The van der Waals surface area contributed by atoms with Crippen molar-refractivity contribution >= 4 is 13.1 Å². The van der Waals surface area contributed by atoms with Gasteiger partial charge in [0.05, 0.1) is 24.2 Å². The number of rotatable bonds is 5. The summed E-state index contributed by atoms with van der Waals surface area (Å²) in [6.45, 7) is 10.2. The Hall–Kier alpha value is -1.33. The van der Waals surface area contributed by atoms with Crippen molar-refractivity contribution in [1.29, 1.82) is 0 Å². The van der Waals surface area contributed by atoms with Gasteiger partial charge in [-0.1, -0.05) is 30.3 Å². The van der Waals surface area contributed by atoms with Crippen molar-refractivity contribution in [2.45, 2.75) is 58.1 Å². The Morgan fingerprint density at radius 3 is 2.18 bits per heavy atom. The van der Waals surface area contributed by atoms with Crippen LogP contribution in [-0.2, 0) is 18.8 Å². The maximum absolute atomic E-state index is 12.0. The Labute approximate surface area is 133 Å². The highest BCUT2D eigenvalue weighted by Gasteiger charge is 2.54. The van der Waals surface area contributed by atoms with Gasteiger partial charge in [0.25, 0.3) is 0 Å². The zero-order valence-corrected chi connectivity index (χ0v) is 14.1. The Morgan fingerprint density at radius 2 is 1.68 bits per heavy atom. The number of benzene rings is 1. The zero-order valence-electron chi connectivity index (χ0n) is 14.1. The Balaban J connectivity index is 2.24. The van der Waals surface area contributed by atoms with Gasteiger partial charge in [-0.05, 0) is 40.2 Å². The summed E-state index contributed by atoms with van der Waals surface area (Å²) < 4.78 is 17.4. The summed E-state index contributed by atoms with van der Waals surface area (Å²) in [5.41, 5.74) is 0.188. The summed E-state index contributed by atoms with van der Waals surface area (Å²) in [4.78, 5) is 12.0. The average Bonchev–Trinajstić information content (AvgIpc) is 2.66. The molecule has 1 fully saturated rings. The fraction of sp³-hybridized carbons (Fsp3) is 0.588. The lowest BCUT2D eigenvalue weighted by Crippen LogP contribution is -2.41. The second-order valence-corrected chi connectivity index (χ2v) is 6.65. The quantitative estimate of drug-likeness (QED) is 0.618. The molecule has 1 aliphatic heterocycles. The lowest BCUT2D eigenvalue weighted by atomic mass is 9.66. The largest absolute Gasteiger partial charge is 0.466 e. The van der Waals surface area contributed by atoms with Crippen molar-refractivity contribution in [1.82, 2.24) is 0 Å². The van der Waals surface area contributed by atoms with Crippen molar-refractivity contribution in [3.05, 3.63) is 35.9 Å². The number of carbonyl (C=O) groups is 1. The van der Waals surface area contributed by atoms with E-state index in [0.717, 1.165) is 5.56 Å². The van der Waals surface area contributed by atoms with E-state index in [1.54, 1.807) is 0 Å². The van der Waals surface area contributed by atoms with Crippen LogP contribution in [0.3, 0.4) is 0 Å². The molecule has 1 aromatic rings. The molecular formula is C17H25BO4. The van der Waals surface area contributed by atoms with Crippen molar-refractivity contribution in [2.75, 3.05) is 6.61 Å². The monoisotopic (exact) mass is 304 g/mol. The Bertz CT molecular complexity index is 497. The standard InChI is InChI=1S/C17H25BO4/c1-6-20-15(19)12-14(13-10-8-7-9-11-13)18-21-16(2,3)17(4,5)22-18/h7-11,14H,6,12H2,1-5H3. The molecule has 0 radical (unpaired) electrons. The maximum Gasteiger partial charge on any atom is 0.466 e. The molecule has 0 amide bonds. The predicted molar refractivity (Wildman–Crippen MR) is 86.5 cm³/mol. The van der Waals surface area contributed by atoms with Gasteiger partial charge in [0.15, 0.2) is 0 Å². The minimum absolute atomic E-state index is 0.179. The first-order valence-electron chi connectivity index (χ1n) is 7.83. The molecule has 4 nitrogen and oxygen atoms in total.